The number of halogens is 3. The van der Waals surface area contributed by atoms with Crippen LogP contribution >= 0.6 is 0 Å². The molecule has 1 amide bonds. The van der Waals surface area contributed by atoms with Gasteiger partial charge in [-0.05, 0) is 86.1 Å². The summed E-state index contributed by atoms with van der Waals surface area (Å²) in [6.45, 7) is 7.75. The third-order valence-corrected chi connectivity index (χ3v) is 9.30. The molecule has 0 unspecified atom stereocenters. The number of carbonyl (C=O) groups excluding carboxylic acids is 1. The molecule has 2 saturated carbocycles. The SMILES string of the molecule is CC(C)(C)C[C@H](NCC1CC1)C(=O)N[C@H]1CC[C@@H]2CN(S(=O)(=O)c3ccc(C(F)(F)F)cc3)C[C@@H]21. The van der Waals surface area contributed by atoms with E-state index in [1.165, 1.54) is 17.1 Å². The molecular weight excluding hydrogens is 479 g/mol. The van der Waals surface area contributed by atoms with Crippen LogP contribution in [0.3, 0.4) is 0 Å². The topological polar surface area (TPSA) is 78.5 Å². The number of fused-ring (bicyclic) bond motifs is 1. The lowest BCUT2D eigenvalue weighted by molar-refractivity contribution is -0.137. The number of nitrogens with zero attached hydrogens (tertiary/aromatic N) is 1. The van der Waals surface area contributed by atoms with Crippen molar-refractivity contribution in [1.82, 2.24) is 14.9 Å². The van der Waals surface area contributed by atoms with Crippen LogP contribution in [-0.4, -0.2) is 50.3 Å². The average Bonchev–Trinajstić information content (AvgIpc) is 3.36. The Bertz CT molecular complexity index is 1020. The Morgan fingerprint density at radius 2 is 1.71 bits per heavy atom. The van der Waals surface area contributed by atoms with E-state index in [1.54, 1.807) is 0 Å². The summed E-state index contributed by atoms with van der Waals surface area (Å²) in [5.41, 5.74) is -0.894. The minimum absolute atomic E-state index is 0.00175. The zero-order chi connectivity index (χ0) is 25.6. The molecule has 2 aliphatic carbocycles. The summed E-state index contributed by atoms with van der Waals surface area (Å²) in [6.07, 6.45) is 0.213. The lowest BCUT2D eigenvalue weighted by atomic mass is 9.87. The number of benzene rings is 1. The molecule has 1 saturated heterocycles. The van der Waals surface area contributed by atoms with Gasteiger partial charge in [0.1, 0.15) is 0 Å². The van der Waals surface area contributed by atoms with Crippen molar-refractivity contribution in [1.29, 1.82) is 0 Å². The van der Waals surface area contributed by atoms with Gasteiger partial charge in [0.15, 0.2) is 0 Å². The molecule has 0 bridgehead atoms. The summed E-state index contributed by atoms with van der Waals surface area (Å²) in [6, 6.07) is 3.25. The average molecular weight is 516 g/mol. The van der Waals surface area contributed by atoms with Gasteiger partial charge < -0.3 is 10.6 Å². The Morgan fingerprint density at radius 3 is 2.29 bits per heavy atom. The number of alkyl halides is 3. The van der Waals surface area contributed by atoms with Gasteiger partial charge in [0.25, 0.3) is 0 Å². The molecule has 10 heteroatoms. The van der Waals surface area contributed by atoms with Crippen molar-refractivity contribution >= 4 is 15.9 Å². The number of hydrogen-bond donors (Lipinski definition) is 2. The summed E-state index contributed by atoms with van der Waals surface area (Å²) in [5.74, 6) is 0.752. The molecule has 2 N–H and O–H groups in total. The van der Waals surface area contributed by atoms with Crippen LogP contribution in [0.15, 0.2) is 29.2 Å². The van der Waals surface area contributed by atoms with E-state index in [1.807, 2.05) is 0 Å². The Labute approximate surface area is 206 Å². The lowest BCUT2D eigenvalue weighted by Crippen LogP contribution is -2.51. The van der Waals surface area contributed by atoms with Gasteiger partial charge in [-0.3, -0.25) is 4.79 Å². The highest BCUT2D eigenvalue weighted by molar-refractivity contribution is 7.89. The van der Waals surface area contributed by atoms with E-state index in [0.717, 1.165) is 43.7 Å². The van der Waals surface area contributed by atoms with Gasteiger partial charge >= 0.3 is 6.18 Å². The normalized spacial score (nSPS) is 26.5. The number of carbonyl (C=O) groups is 1. The van der Waals surface area contributed by atoms with Gasteiger partial charge in [0, 0.05) is 19.1 Å². The fraction of sp³-hybridized carbons (Fsp3) is 0.720. The molecule has 4 atom stereocenters. The van der Waals surface area contributed by atoms with Crippen LogP contribution in [0, 0.1) is 23.2 Å². The Hall–Kier alpha value is -1.65. The first-order valence-electron chi connectivity index (χ1n) is 12.5. The highest BCUT2D eigenvalue weighted by Crippen LogP contribution is 2.41. The molecule has 1 aliphatic heterocycles. The third kappa shape index (κ3) is 6.38. The molecule has 1 aromatic carbocycles. The predicted molar refractivity (Wildman–Crippen MR) is 127 cm³/mol. The van der Waals surface area contributed by atoms with E-state index in [0.29, 0.717) is 18.9 Å². The molecule has 0 radical (unpaired) electrons. The predicted octanol–water partition coefficient (Wildman–Crippen LogP) is 4.03. The van der Waals surface area contributed by atoms with Crippen LogP contribution in [0.25, 0.3) is 0 Å². The minimum Gasteiger partial charge on any atom is -0.352 e. The molecule has 4 rings (SSSR count). The Morgan fingerprint density at radius 1 is 1.06 bits per heavy atom. The monoisotopic (exact) mass is 515 g/mol. The summed E-state index contributed by atoms with van der Waals surface area (Å²) < 4.78 is 66.2. The summed E-state index contributed by atoms with van der Waals surface area (Å²) in [5, 5.41) is 6.65. The van der Waals surface area contributed by atoms with Crippen molar-refractivity contribution < 1.29 is 26.4 Å². The van der Waals surface area contributed by atoms with E-state index >= 15 is 0 Å². The maximum Gasteiger partial charge on any atom is 0.416 e. The third-order valence-electron chi connectivity index (χ3n) is 7.45. The number of rotatable bonds is 8. The Balaban J connectivity index is 1.40. The first-order chi connectivity index (χ1) is 16.2. The largest absolute Gasteiger partial charge is 0.416 e. The van der Waals surface area contributed by atoms with Crippen LogP contribution in [0.2, 0.25) is 0 Å². The number of nitrogens with one attached hydrogen (secondary N) is 2. The molecule has 0 spiro atoms. The van der Waals surface area contributed by atoms with Crippen LogP contribution in [0.1, 0.15) is 58.4 Å². The quantitative estimate of drug-likeness (QED) is 0.548. The van der Waals surface area contributed by atoms with Gasteiger partial charge in [-0.15, -0.1) is 0 Å². The second-order valence-electron chi connectivity index (χ2n) is 11.6. The first kappa shape index (κ1) is 26.4. The fourth-order valence-corrected chi connectivity index (χ4v) is 6.88. The lowest BCUT2D eigenvalue weighted by Gasteiger charge is -2.29. The van der Waals surface area contributed by atoms with E-state index in [9.17, 15) is 26.4 Å². The van der Waals surface area contributed by atoms with Crippen molar-refractivity contribution in [3.8, 4) is 0 Å². The van der Waals surface area contributed by atoms with Crippen molar-refractivity contribution in [2.75, 3.05) is 19.6 Å². The molecular formula is C25H36F3N3O3S. The van der Waals surface area contributed by atoms with E-state index < -0.39 is 21.8 Å². The van der Waals surface area contributed by atoms with Gasteiger partial charge in [-0.2, -0.15) is 17.5 Å². The van der Waals surface area contributed by atoms with E-state index in [2.05, 4.69) is 31.4 Å². The number of hydrogen-bond acceptors (Lipinski definition) is 4. The Kier molecular flexibility index (Phi) is 7.30. The fourth-order valence-electron chi connectivity index (χ4n) is 5.35. The highest BCUT2D eigenvalue weighted by Gasteiger charge is 2.47. The van der Waals surface area contributed by atoms with Crippen molar-refractivity contribution in [2.45, 2.75) is 76.0 Å². The maximum absolute atomic E-state index is 13.2. The highest BCUT2D eigenvalue weighted by atomic mass is 32.2. The number of sulfonamides is 1. The zero-order valence-electron chi connectivity index (χ0n) is 20.6. The van der Waals surface area contributed by atoms with Crippen LogP contribution < -0.4 is 10.6 Å². The second-order valence-corrected chi connectivity index (χ2v) is 13.6. The smallest absolute Gasteiger partial charge is 0.352 e. The molecule has 6 nitrogen and oxygen atoms in total. The van der Waals surface area contributed by atoms with Gasteiger partial charge in [-0.1, -0.05) is 20.8 Å². The van der Waals surface area contributed by atoms with Crippen molar-refractivity contribution in [2.24, 2.45) is 23.2 Å². The van der Waals surface area contributed by atoms with E-state index in [-0.39, 0.29) is 46.7 Å². The van der Waals surface area contributed by atoms with Gasteiger partial charge in [0.2, 0.25) is 15.9 Å². The molecule has 35 heavy (non-hydrogen) atoms. The summed E-state index contributed by atoms with van der Waals surface area (Å²) >= 11 is 0. The zero-order valence-corrected chi connectivity index (χ0v) is 21.4. The first-order valence-corrected chi connectivity index (χ1v) is 13.9. The molecule has 196 valence electrons. The summed E-state index contributed by atoms with van der Waals surface area (Å²) in [4.78, 5) is 13.1. The molecule has 0 aromatic heterocycles. The standard InChI is InChI=1S/C25H36F3N3O3S/c1-24(2,3)12-22(29-13-16-4-5-16)23(32)30-21-11-6-17-14-31(15-20(17)21)35(33,34)19-9-7-18(8-10-19)25(26,27)28/h7-10,16-17,20-22,29H,4-6,11-15H2,1-3H3,(H,30,32)/t17-,20+,21+,22+/m1/s1. The van der Waals surface area contributed by atoms with Gasteiger partial charge in [0.05, 0.1) is 16.5 Å². The molecule has 3 aliphatic rings. The van der Waals surface area contributed by atoms with Crippen LogP contribution in [-0.2, 0) is 21.0 Å². The second kappa shape index (κ2) is 9.67. The van der Waals surface area contributed by atoms with Crippen LogP contribution in [0.4, 0.5) is 13.2 Å². The van der Waals surface area contributed by atoms with Crippen molar-refractivity contribution in [3.05, 3.63) is 29.8 Å². The van der Waals surface area contributed by atoms with Crippen molar-refractivity contribution in [3.63, 3.8) is 0 Å². The van der Waals surface area contributed by atoms with Gasteiger partial charge in [-0.25, -0.2) is 8.42 Å². The minimum atomic E-state index is -4.52. The van der Waals surface area contributed by atoms with Crippen LogP contribution in [0.5, 0.6) is 0 Å². The molecule has 1 heterocycles. The molecule has 3 fully saturated rings. The van der Waals surface area contributed by atoms with E-state index in [4.69, 9.17) is 0 Å². The maximum atomic E-state index is 13.2. The summed E-state index contributed by atoms with van der Waals surface area (Å²) in [7, 11) is -3.91. The number of amides is 1. The molecule has 1 aromatic rings.